The Bertz CT molecular complexity index is 256. The maximum atomic E-state index is 11.9. The van der Waals surface area contributed by atoms with Gasteiger partial charge in [-0.2, -0.15) is 0 Å². The lowest BCUT2D eigenvalue weighted by molar-refractivity contribution is -0.123. The Morgan fingerprint density at radius 3 is 2.33 bits per heavy atom. The summed E-state index contributed by atoms with van der Waals surface area (Å²) in [6.45, 7) is 6.70. The maximum Gasteiger partial charge on any atom is 0.234 e. The number of fused-ring (bicyclic) bond motifs is 2. The van der Waals surface area contributed by atoms with E-state index in [-0.39, 0.29) is 5.91 Å². The van der Waals surface area contributed by atoms with Gasteiger partial charge in [0.15, 0.2) is 0 Å². The van der Waals surface area contributed by atoms with E-state index in [9.17, 15) is 4.79 Å². The van der Waals surface area contributed by atoms with Gasteiger partial charge in [0.1, 0.15) is 0 Å². The van der Waals surface area contributed by atoms with E-state index >= 15 is 0 Å². The van der Waals surface area contributed by atoms with Gasteiger partial charge < -0.3 is 5.32 Å². The van der Waals surface area contributed by atoms with Gasteiger partial charge in [0.05, 0.1) is 6.54 Å². The maximum absolute atomic E-state index is 11.9. The molecular weight excluding hydrogens is 339 g/mol. The second kappa shape index (κ2) is 8.35. The molecule has 2 saturated carbocycles. The molecule has 1 amide bonds. The molecule has 0 aromatic heterocycles. The highest BCUT2D eigenvalue weighted by atomic mass is 127. The zero-order valence-electron chi connectivity index (χ0n) is 11.9. The second-order valence-electron chi connectivity index (χ2n) is 5.31. The number of halogens is 1. The third-order valence-electron chi connectivity index (χ3n) is 4.35. The Morgan fingerprint density at radius 2 is 1.89 bits per heavy atom. The fraction of sp³-hybridized carbons (Fsp3) is 0.929. The van der Waals surface area contributed by atoms with E-state index in [1.165, 1.54) is 25.7 Å². The van der Waals surface area contributed by atoms with Crippen molar-refractivity contribution in [2.45, 2.75) is 45.6 Å². The van der Waals surface area contributed by atoms with Crippen LogP contribution >= 0.6 is 22.6 Å². The van der Waals surface area contributed by atoms with Crippen LogP contribution in [-0.4, -0.2) is 41.4 Å². The SMILES string of the molecule is CCN(CC)CC(=O)NC1CC2CCC1C2.CI. The first-order valence-corrected chi connectivity index (χ1v) is 9.28. The van der Waals surface area contributed by atoms with Crippen LogP contribution in [0.25, 0.3) is 0 Å². The predicted octanol–water partition coefficient (Wildman–Crippen LogP) is 2.68. The molecule has 18 heavy (non-hydrogen) atoms. The number of likely N-dealkylation sites (N-methyl/N-ethyl adjacent to an activating group) is 1. The van der Waals surface area contributed by atoms with Gasteiger partial charge in [-0.1, -0.05) is 42.9 Å². The van der Waals surface area contributed by atoms with Crippen LogP contribution in [0.5, 0.6) is 0 Å². The molecule has 1 N–H and O–H groups in total. The zero-order valence-corrected chi connectivity index (χ0v) is 14.1. The molecule has 3 nitrogen and oxygen atoms in total. The molecule has 2 aliphatic carbocycles. The molecule has 0 heterocycles. The molecule has 0 saturated heterocycles. The fourth-order valence-electron chi connectivity index (χ4n) is 3.32. The summed E-state index contributed by atoms with van der Waals surface area (Å²) in [5.74, 6) is 1.91. The summed E-state index contributed by atoms with van der Waals surface area (Å²) in [7, 11) is 0. The third-order valence-corrected chi connectivity index (χ3v) is 4.35. The van der Waals surface area contributed by atoms with E-state index in [2.05, 4.69) is 46.7 Å². The highest BCUT2D eigenvalue weighted by Gasteiger charge is 2.40. The summed E-state index contributed by atoms with van der Waals surface area (Å²) in [6.07, 6.45) is 5.32. The second-order valence-corrected chi connectivity index (χ2v) is 5.31. The van der Waals surface area contributed by atoms with Gasteiger partial charge in [-0.3, -0.25) is 9.69 Å². The van der Waals surface area contributed by atoms with E-state index in [4.69, 9.17) is 0 Å². The molecule has 4 heteroatoms. The Hall–Kier alpha value is 0.160. The molecule has 0 aromatic carbocycles. The Morgan fingerprint density at radius 1 is 1.22 bits per heavy atom. The van der Waals surface area contributed by atoms with Gasteiger partial charge in [0, 0.05) is 6.04 Å². The topological polar surface area (TPSA) is 32.3 Å². The average molecular weight is 366 g/mol. The monoisotopic (exact) mass is 366 g/mol. The first-order valence-electron chi connectivity index (χ1n) is 7.12. The highest BCUT2D eigenvalue weighted by Crippen LogP contribution is 2.44. The molecule has 2 aliphatic rings. The summed E-state index contributed by atoms with van der Waals surface area (Å²) >= 11 is 2.15. The molecule has 0 spiro atoms. The predicted molar refractivity (Wildman–Crippen MR) is 85.1 cm³/mol. The van der Waals surface area contributed by atoms with E-state index in [0.29, 0.717) is 12.6 Å². The molecular formula is C14H27IN2O. The van der Waals surface area contributed by atoms with Gasteiger partial charge in [-0.05, 0) is 49.1 Å². The standard InChI is InChI=1S/C13H24N2O.CH3I/c1-3-15(4-2)9-13(16)14-12-8-10-5-6-11(12)7-10;1-2/h10-12H,3-9H2,1-2H3,(H,14,16);1H3. The lowest BCUT2D eigenvalue weighted by Crippen LogP contribution is -2.44. The number of alkyl halides is 1. The van der Waals surface area contributed by atoms with Crippen LogP contribution in [0.15, 0.2) is 0 Å². The average Bonchev–Trinajstić information content (AvgIpc) is 3.00. The van der Waals surface area contributed by atoms with Crippen LogP contribution in [0.1, 0.15) is 39.5 Å². The number of nitrogens with zero attached hydrogens (tertiary/aromatic N) is 1. The normalized spacial score (nSPS) is 29.1. The van der Waals surface area contributed by atoms with Gasteiger partial charge in [-0.15, -0.1) is 0 Å². The third kappa shape index (κ3) is 4.37. The van der Waals surface area contributed by atoms with E-state index in [0.717, 1.165) is 24.9 Å². The van der Waals surface area contributed by atoms with Crippen molar-refractivity contribution in [2.24, 2.45) is 11.8 Å². The molecule has 0 aliphatic heterocycles. The molecule has 2 rings (SSSR count). The minimum atomic E-state index is 0.223. The van der Waals surface area contributed by atoms with Gasteiger partial charge in [0.2, 0.25) is 5.91 Å². The summed E-state index contributed by atoms with van der Waals surface area (Å²) < 4.78 is 0. The van der Waals surface area contributed by atoms with Crippen LogP contribution in [0.3, 0.4) is 0 Å². The van der Waals surface area contributed by atoms with Crippen molar-refractivity contribution < 1.29 is 4.79 Å². The molecule has 2 fully saturated rings. The number of hydrogen-bond donors (Lipinski definition) is 1. The number of rotatable bonds is 5. The van der Waals surface area contributed by atoms with Crippen molar-refractivity contribution in [3.8, 4) is 0 Å². The van der Waals surface area contributed by atoms with Gasteiger partial charge in [0.25, 0.3) is 0 Å². The molecule has 3 atom stereocenters. The van der Waals surface area contributed by atoms with Crippen molar-refractivity contribution in [3.63, 3.8) is 0 Å². The Labute approximate surface area is 125 Å². The molecule has 0 aromatic rings. The lowest BCUT2D eigenvalue weighted by atomic mass is 9.95. The zero-order chi connectivity index (χ0) is 13.5. The highest BCUT2D eigenvalue weighted by molar-refractivity contribution is 14.1. The minimum absolute atomic E-state index is 0.223. The van der Waals surface area contributed by atoms with Crippen LogP contribution < -0.4 is 5.32 Å². The molecule has 3 unspecified atom stereocenters. The van der Waals surface area contributed by atoms with Crippen LogP contribution in [0.4, 0.5) is 0 Å². The van der Waals surface area contributed by atoms with Crippen molar-refractivity contribution in [3.05, 3.63) is 0 Å². The smallest absolute Gasteiger partial charge is 0.234 e. The quantitative estimate of drug-likeness (QED) is 0.600. The molecule has 106 valence electrons. The van der Waals surface area contributed by atoms with Gasteiger partial charge >= 0.3 is 0 Å². The van der Waals surface area contributed by atoms with Gasteiger partial charge in [-0.25, -0.2) is 0 Å². The first kappa shape index (κ1) is 16.2. The number of hydrogen-bond acceptors (Lipinski definition) is 2. The summed E-state index contributed by atoms with van der Waals surface area (Å²) in [4.78, 5) is 16.0. The summed E-state index contributed by atoms with van der Waals surface area (Å²) in [6, 6.07) is 0.488. The van der Waals surface area contributed by atoms with Crippen LogP contribution in [0.2, 0.25) is 0 Å². The van der Waals surface area contributed by atoms with Crippen LogP contribution in [-0.2, 0) is 4.79 Å². The Balaban J connectivity index is 0.000000771. The largest absolute Gasteiger partial charge is 0.352 e. The van der Waals surface area contributed by atoms with E-state index < -0.39 is 0 Å². The fourth-order valence-corrected chi connectivity index (χ4v) is 3.32. The van der Waals surface area contributed by atoms with E-state index in [1.54, 1.807) is 0 Å². The minimum Gasteiger partial charge on any atom is -0.352 e. The van der Waals surface area contributed by atoms with Crippen molar-refractivity contribution in [1.82, 2.24) is 10.2 Å². The van der Waals surface area contributed by atoms with Crippen molar-refractivity contribution >= 4 is 28.5 Å². The number of nitrogens with one attached hydrogen (secondary N) is 1. The summed E-state index contributed by atoms with van der Waals surface area (Å²) in [5, 5.41) is 3.23. The van der Waals surface area contributed by atoms with Crippen molar-refractivity contribution in [2.75, 3.05) is 24.6 Å². The lowest BCUT2D eigenvalue weighted by Gasteiger charge is -2.25. The molecule has 0 radical (unpaired) electrons. The van der Waals surface area contributed by atoms with Crippen LogP contribution in [0, 0.1) is 11.8 Å². The Kier molecular flexibility index (Phi) is 7.53. The number of amides is 1. The number of carbonyl (C=O) groups excluding carboxylic acids is 1. The van der Waals surface area contributed by atoms with Crippen molar-refractivity contribution in [1.29, 1.82) is 0 Å². The first-order chi connectivity index (χ1) is 8.72. The summed E-state index contributed by atoms with van der Waals surface area (Å²) in [5.41, 5.74) is 0. The van der Waals surface area contributed by atoms with E-state index in [1.807, 2.05) is 4.93 Å². The number of carbonyl (C=O) groups is 1. The molecule has 2 bridgehead atoms.